The number of ether oxygens (including phenoxy) is 1. The van der Waals surface area contributed by atoms with Crippen LogP contribution in [-0.2, 0) is 4.79 Å². The van der Waals surface area contributed by atoms with Gasteiger partial charge in [0.25, 0.3) is 5.91 Å². The van der Waals surface area contributed by atoms with Gasteiger partial charge in [-0.25, -0.2) is 4.39 Å². The highest BCUT2D eigenvalue weighted by molar-refractivity contribution is 8.27. The molecule has 0 bridgehead atoms. The maximum Gasteiger partial charge on any atom is 0.270 e. The van der Waals surface area contributed by atoms with E-state index in [4.69, 9.17) is 17.0 Å². The molecule has 1 saturated heterocycles. The zero-order valence-corrected chi connectivity index (χ0v) is 13.8. The predicted molar refractivity (Wildman–Crippen MR) is 95.0 cm³/mol. The van der Waals surface area contributed by atoms with E-state index in [2.05, 4.69) is 0 Å². The van der Waals surface area contributed by atoms with Crippen LogP contribution in [0.15, 0.2) is 53.4 Å². The highest BCUT2D eigenvalue weighted by atomic mass is 32.2. The number of methoxy groups -OCH3 is 1. The molecule has 23 heavy (non-hydrogen) atoms. The van der Waals surface area contributed by atoms with E-state index in [9.17, 15) is 9.18 Å². The Balaban J connectivity index is 1.99. The van der Waals surface area contributed by atoms with Crippen molar-refractivity contribution in [3.63, 3.8) is 0 Å². The molecule has 0 saturated carbocycles. The van der Waals surface area contributed by atoms with E-state index in [0.717, 1.165) is 17.3 Å². The molecule has 0 unspecified atom stereocenters. The Morgan fingerprint density at radius 1 is 1.17 bits per heavy atom. The maximum absolute atomic E-state index is 14.0. The fourth-order valence-electron chi connectivity index (χ4n) is 2.24. The summed E-state index contributed by atoms with van der Waals surface area (Å²) in [4.78, 5) is 14.3. The van der Waals surface area contributed by atoms with Crippen LogP contribution in [0.2, 0.25) is 0 Å². The van der Waals surface area contributed by atoms with Crippen molar-refractivity contribution >= 4 is 46.0 Å². The Labute approximate surface area is 142 Å². The van der Waals surface area contributed by atoms with E-state index in [-0.39, 0.29) is 11.6 Å². The molecule has 0 N–H and O–H groups in total. The van der Waals surface area contributed by atoms with Gasteiger partial charge in [-0.3, -0.25) is 9.69 Å². The molecule has 1 heterocycles. The summed E-state index contributed by atoms with van der Waals surface area (Å²) < 4.78 is 19.5. The average molecular weight is 345 g/mol. The number of benzene rings is 2. The van der Waals surface area contributed by atoms with Gasteiger partial charge < -0.3 is 4.74 Å². The summed E-state index contributed by atoms with van der Waals surface area (Å²) in [6, 6.07) is 13.4. The lowest BCUT2D eigenvalue weighted by molar-refractivity contribution is -0.113. The summed E-state index contributed by atoms with van der Waals surface area (Å²) in [6.45, 7) is 0. The first-order valence-electron chi connectivity index (χ1n) is 6.77. The van der Waals surface area contributed by atoms with Gasteiger partial charge >= 0.3 is 0 Å². The lowest BCUT2D eigenvalue weighted by atomic mass is 10.2. The van der Waals surface area contributed by atoms with E-state index >= 15 is 0 Å². The van der Waals surface area contributed by atoms with Gasteiger partial charge in [0.2, 0.25) is 0 Å². The minimum Gasteiger partial charge on any atom is -0.496 e. The SMILES string of the molecule is COc1ccccc1/C=C1\SC(=S)N(c2ccccc2F)C1=O. The standard InChI is InChI=1S/C17H12FNO2S2/c1-21-14-9-5-2-6-11(14)10-15-16(20)19(17(22)23-15)13-8-4-3-7-12(13)18/h2-10H,1H3/b15-10-. The van der Waals surface area contributed by atoms with Gasteiger partial charge in [-0.05, 0) is 24.3 Å². The second-order valence-electron chi connectivity index (χ2n) is 4.71. The van der Waals surface area contributed by atoms with Crippen LogP contribution in [0.4, 0.5) is 10.1 Å². The molecule has 0 radical (unpaired) electrons. The van der Waals surface area contributed by atoms with Gasteiger partial charge in [-0.2, -0.15) is 0 Å². The first kappa shape index (κ1) is 15.7. The number of hydrogen-bond acceptors (Lipinski definition) is 4. The van der Waals surface area contributed by atoms with Crippen LogP contribution in [0.5, 0.6) is 5.75 Å². The molecule has 1 aliphatic rings. The number of carbonyl (C=O) groups is 1. The number of hydrogen-bond donors (Lipinski definition) is 0. The number of nitrogens with zero attached hydrogens (tertiary/aromatic N) is 1. The van der Waals surface area contributed by atoms with Crippen LogP contribution < -0.4 is 9.64 Å². The van der Waals surface area contributed by atoms with Gasteiger partial charge in [-0.1, -0.05) is 54.3 Å². The molecule has 0 aromatic heterocycles. The van der Waals surface area contributed by atoms with E-state index in [1.165, 1.54) is 17.0 Å². The molecule has 0 aliphatic carbocycles. The van der Waals surface area contributed by atoms with Crippen molar-refractivity contribution in [3.05, 3.63) is 64.8 Å². The van der Waals surface area contributed by atoms with Gasteiger partial charge in [0.05, 0.1) is 17.7 Å². The topological polar surface area (TPSA) is 29.5 Å². The lowest BCUT2D eigenvalue weighted by Crippen LogP contribution is -2.28. The van der Waals surface area contributed by atoms with Gasteiger partial charge in [0.15, 0.2) is 4.32 Å². The molecule has 3 rings (SSSR count). The van der Waals surface area contributed by atoms with Crippen molar-refractivity contribution in [2.75, 3.05) is 12.0 Å². The molecule has 2 aromatic carbocycles. The van der Waals surface area contributed by atoms with E-state index in [0.29, 0.717) is 15.0 Å². The molecule has 0 spiro atoms. The third-order valence-corrected chi connectivity index (χ3v) is 4.61. The van der Waals surface area contributed by atoms with Crippen molar-refractivity contribution in [2.45, 2.75) is 0 Å². The van der Waals surface area contributed by atoms with E-state index < -0.39 is 5.82 Å². The second-order valence-corrected chi connectivity index (χ2v) is 6.39. The van der Waals surface area contributed by atoms with Crippen molar-refractivity contribution in [2.24, 2.45) is 0 Å². The first-order chi connectivity index (χ1) is 11.1. The monoisotopic (exact) mass is 345 g/mol. The third-order valence-electron chi connectivity index (χ3n) is 3.31. The third kappa shape index (κ3) is 3.00. The molecule has 1 fully saturated rings. The Morgan fingerprint density at radius 3 is 2.61 bits per heavy atom. The molecule has 6 heteroatoms. The minimum absolute atomic E-state index is 0.165. The van der Waals surface area contributed by atoms with Crippen LogP contribution in [-0.4, -0.2) is 17.3 Å². The van der Waals surface area contributed by atoms with E-state index in [1.807, 2.05) is 24.3 Å². The highest BCUT2D eigenvalue weighted by Crippen LogP contribution is 2.37. The molecule has 1 amide bonds. The van der Waals surface area contributed by atoms with Gasteiger partial charge in [0, 0.05) is 5.56 Å². The number of halogens is 1. The fourth-order valence-corrected chi connectivity index (χ4v) is 3.51. The first-order valence-corrected chi connectivity index (χ1v) is 8.00. The summed E-state index contributed by atoms with van der Waals surface area (Å²) in [5, 5.41) is 0. The van der Waals surface area contributed by atoms with Crippen LogP contribution in [0.25, 0.3) is 6.08 Å². The summed E-state index contributed by atoms with van der Waals surface area (Å²) in [5.41, 5.74) is 0.933. The van der Waals surface area contributed by atoms with Crippen molar-refractivity contribution in [3.8, 4) is 5.75 Å². The normalized spacial score (nSPS) is 16.3. The smallest absolute Gasteiger partial charge is 0.270 e. The van der Waals surface area contributed by atoms with Crippen LogP contribution in [0, 0.1) is 5.82 Å². The summed E-state index contributed by atoms with van der Waals surface area (Å²) in [7, 11) is 1.57. The number of thioether (sulfide) groups is 1. The molecule has 0 atom stereocenters. The van der Waals surface area contributed by atoms with Crippen molar-refractivity contribution < 1.29 is 13.9 Å². The molecule has 3 nitrogen and oxygen atoms in total. The van der Waals surface area contributed by atoms with Gasteiger partial charge in [0.1, 0.15) is 11.6 Å². The fraction of sp³-hybridized carbons (Fsp3) is 0.0588. The Morgan fingerprint density at radius 2 is 1.87 bits per heavy atom. The Hall–Kier alpha value is -2.18. The molecular weight excluding hydrogens is 333 g/mol. The van der Waals surface area contributed by atoms with Crippen molar-refractivity contribution in [1.82, 2.24) is 0 Å². The average Bonchev–Trinajstić information content (AvgIpc) is 2.83. The number of para-hydroxylation sites is 2. The lowest BCUT2D eigenvalue weighted by Gasteiger charge is -2.14. The molecule has 2 aromatic rings. The number of rotatable bonds is 3. The molecular formula is C17H12FNO2S2. The summed E-state index contributed by atoms with van der Waals surface area (Å²) in [6.07, 6.45) is 1.71. The Kier molecular flexibility index (Phi) is 4.45. The number of amides is 1. The van der Waals surface area contributed by atoms with Gasteiger partial charge in [-0.15, -0.1) is 0 Å². The van der Waals surface area contributed by atoms with E-state index in [1.54, 1.807) is 25.3 Å². The summed E-state index contributed by atoms with van der Waals surface area (Å²) in [5.74, 6) is -0.165. The maximum atomic E-state index is 14.0. The predicted octanol–water partition coefficient (Wildman–Crippen LogP) is 4.24. The number of anilines is 1. The van der Waals surface area contributed by atoms with Crippen LogP contribution >= 0.6 is 24.0 Å². The zero-order chi connectivity index (χ0) is 16.4. The zero-order valence-electron chi connectivity index (χ0n) is 12.2. The molecule has 116 valence electrons. The minimum atomic E-state index is -0.484. The second kappa shape index (κ2) is 6.52. The number of thiocarbonyl (C=S) groups is 1. The largest absolute Gasteiger partial charge is 0.496 e. The van der Waals surface area contributed by atoms with Crippen LogP contribution in [0.3, 0.4) is 0 Å². The van der Waals surface area contributed by atoms with Crippen LogP contribution in [0.1, 0.15) is 5.56 Å². The quantitative estimate of drug-likeness (QED) is 0.615. The molecule has 1 aliphatic heterocycles. The Bertz CT molecular complexity index is 820. The number of carbonyl (C=O) groups excluding carboxylic acids is 1. The summed E-state index contributed by atoms with van der Waals surface area (Å²) >= 11 is 6.39. The highest BCUT2D eigenvalue weighted by Gasteiger charge is 2.34. The van der Waals surface area contributed by atoms with Crippen molar-refractivity contribution in [1.29, 1.82) is 0 Å².